The summed E-state index contributed by atoms with van der Waals surface area (Å²) in [5.74, 6) is 1.02. The maximum atomic E-state index is 12.8. The molecule has 5 rings (SSSR count). The van der Waals surface area contributed by atoms with Gasteiger partial charge in [0.25, 0.3) is 0 Å². The molecular weight excluding hydrogens is 324 g/mol. The smallest absolute Gasteiger partial charge is 0.224 e. The average molecular weight is 354 g/mol. The Morgan fingerprint density at radius 3 is 2.85 bits per heavy atom. The van der Waals surface area contributed by atoms with Crippen molar-refractivity contribution < 1.29 is 9.53 Å². The molecule has 1 amide bonds. The molecule has 2 saturated heterocycles. The number of fused-ring (bicyclic) bond motifs is 1. The number of amides is 1. The molecule has 0 bridgehead atoms. The Balaban J connectivity index is 1.77. The molecule has 4 atom stereocenters. The molecular formula is C22H30N2O2. The third-order valence-electron chi connectivity index (χ3n) is 8.19. The van der Waals surface area contributed by atoms with Gasteiger partial charge in [-0.1, -0.05) is 19.1 Å². The van der Waals surface area contributed by atoms with Crippen LogP contribution in [0.1, 0.15) is 57.9 Å². The highest BCUT2D eigenvalue weighted by Gasteiger charge is 2.68. The van der Waals surface area contributed by atoms with Crippen LogP contribution in [0, 0.1) is 5.41 Å². The molecule has 1 aliphatic carbocycles. The van der Waals surface area contributed by atoms with Crippen LogP contribution in [0.2, 0.25) is 0 Å². The van der Waals surface area contributed by atoms with Crippen LogP contribution in [-0.4, -0.2) is 43.1 Å². The van der Waals surface area contributed by atoms with E-state index in [4.69, 9.17) is 4.74 Å². The predicted octanol–water partition coefficient (Wildman–Crippen LogP) is 3.73. The Kier molecular flexibility index (Phi) is 3.50. The van der Waals surface area contributed by atoms with E-state index in [0.717, 1.165) is 17.9 Å². The molecule has 0 radical (unpaired) electrons. The third-order valence-corrected chi connectivity index (χ3v) is 8.19. The lowest BCUT2D eigenvalue weighted by atomic mass is 9.52. The molecule has 3 heterocycles. The van der Waals surface area contributed by atoms with Crippen molar-refractivity contribution in [1.29, 1.82) is 0 Å². The molecule has 0 aromatic heterocycles. The van der Waals surface area contributed by atoms with Gasteiger partial charge in [0.15, 0.2) is 0 Å². The van der Waals surface area contributed by atoms with Crippen LogP contribution >= 0.6 is 0 Å². The second-order valence-corrected chi connectivity index (χ2v) is 8.85. The largest absolute Gasteiger partial charge is 0.495 e. The Labute approximate surface area is 156 Å². The molecule has 140 valence electrons. The van der Waals surface area contributed by atoms with Gasteiger partial charge in [0.1, 0.15) is 5.75 Å². The number of methoxy groups -OCH3 is 1. The van der Waals surface area contributed by atoms with E-state index in [-0.39, 0.29) is 11.3 Å². The standard InChI is InChI=1S/C22H30N2O2/c1-4-21-10-6-13-23-14-12-22(20(21)23)16-7-5-8-17(26-3)19(16)24(15(2)25)18(22)9-11-21/h5,7-8,18,20H,4,6,9-14H2,1-3H3/t18-,20+,21+,22+/m1/s1. The van der Waals surface area contributed by atoms with Crippen LogP contribution in [0.25, 0.3) is 0 Å². The van der Waals surface area contributed by atoms with Crippen molar-refractivity contribution in [2.24, 2.45) is 5.41 Å². The van der Waals surface area contributed by atoms with E-state index in [2.05, 4.69) is 28.9 Å². The zero-order valence-corrected chi connectivity index (χ0v) is 16.3. The normalized spacial score (nSPS) is 37.9. The molecule has 4 nitrogen and oxygen atoms in total. The van der Waals surface area contributed by atoms with Crippen molar-refractivity contribution in [1.82, 2.24) is 4.90 Å². The summed E-state index contributed by atoms with van der Waals surface area (Å²) in [6.07, 6.45) is 7.47. The van der Waals surface area contributed by atoms with Crippen molar-refractivity contribution in [3.8, 4) is 5.75 Å². The fourth-order valence-electron chi connectivity index (χ4n) is 7.37. The highest BCUT2D eigenvalue weighted by Crippen LogP contribution is 2.66. The second kappa shape index (κ2) is 5.48. The van der Waals surface area contributed by atoms with Crippen LogP contribution < -0.4 is 9.64 Å². The number of carbonyl (C=O) groups excluding carboxylic acids is 1. The highest BCUT2D eigenvalue weighted by atomic mass is 16.5. The lowest BCUT2D eigenvalue weighted by Crippen LogP contribution is -2.65. The quantitative estimate of drug-likeness (QED) is 0.811. The number of rotatable bonds is 2. The number of ether oxygens (including phenoxy) is 1. The number of carbonyl (C=O) groups is 1. The first-order valence-electron chi connectivity index (χ1n) is 10.3. The Morgan fingerprint density at radius 1 is 1.27 bits per heavy atom. The van der Waals surface area contributed by atoms with Gasteiger partial charge in [-0.25, -0.2) is 0 Å². The molecule has 0 unspecified atom stereocenters. The van der Waals surface area contributed by atoms with Gasteiger partial charge in [-0.3, -0.25) is 9.69 Å². The van der Waals surface area contributed by atoms with Crippen molar-refractivity contribution in [3.63, 3.8) is 0 Å². The summed E-state index contributed by atoms with van der Waals surface area (Å²) in [4.78, 5) is 17.6. The van der Waals surface area contributed by atoms with Gasteiger partial charge in [0, 0.05) is 24.4 Å². The highest BCUT2D eigenvalue weighted by molar-refractivity contribution is 5.98. The fraction of sp³-hybridized carbons (Fsp3) is 0.682. The first-order chi connectivity index (χ1) is 12.6. The number of piperidine rings is 1. The number of para-hydroxylation sites is 1. The number of hydrogen-bond donors (Lipinski definition) is 0. The minimum atomic E-state index is 0.0875. The summed E-state index contributed by atoms with van der Waals surface area (Å²) in [7, 11) is 1.73. The van der Waals surface area contributed by atoms with E-state index >= 15 is 0 Å². The number of benzene rings is 1. The number of nitrogens with zero attached hydrogens (tertiary/aromatic N) is 2. The van der Waals surface area contributed by atoms with E-state index in [1.807, 2.05) is 6.07 Å². The summed E-state index contributed by atoms with van der Waals surface area (Å²) >= 11 is 0. The van der Waals surface area contributed by atoms with E-state index in [1.54, 1.807) is 14.0 Å². The van der Waals surface area contributed by atoms with Gasteiger partial charge >= 0.3 is 0 Å². The minimum Gasteiger partial charge on any atom is -0.495 e. The third kappa shape index (κ3) is 1.77. The Morgan fingerprint density at radius 2 is 2.12 bits per heavy atom. The van der Waals surface area contributed by atoms with E-state index in [1.165, 1.54) is 50.8 Å². The molecule has 4 heteroatoms. The van der Waals surface area contributed by atoms with Crippen molar-refractivity contribution in [2.45, 2.75) is 69.9 Å². The van der Waals surface area contributed by atoms with Gasteiger partial charge in [0.2, 0.25) is 5.91 Å². The van der Waals surface area contributed by atoms with Crippen LogP contribution in [0.15, 0.2) is 18.2 Å². The molecule has 1 spiro atoms. The molecule has 1 aromatic rings. The molecule has 3 fully saturated rings. The van der Waals surface area contributed by atoms with Gasteiger partial charge in [-0.15, -0.1) is 0 Å². The number of anilines is 1. The first kappa shape index (κ1) is 16.6. The lowest BCUT2D eigenvalue weighted by Gasteiger charge is -2.58. The van der Waals surface area contributed by atoms with Gasteiger partial charge in [-0.2, -0.15) is 0 Å². The SMILES string of the molecule is CC[C@]12CCCN3CC[C@@]4(c5cccc(OC)c5N(C(C)=O)[C@@H]4CC1)[C@@H]32. The molecule has 26 heavy (non-hydrogen) atoms. The van der Waals surface area contributed by atoms with Crippen molar-refractivity contribution >= 4 is 11.6 Å². The van der Waals surface area contributed by atoms with E-state index < -0.39 is 0 Å². The monoisotopic (exact) mass is 354 g/mol. The molecule has 1 saturated carbocycles. The van der Waals surface area contributed by atoms with E-state index in [0.29, 0.717) is 17.5 Å². The summed E-state index contributed by atoms with van der Waals surface area (Å²) in [5, 5.41) is 0. The maximum absolute atomic E-state index is 12.8. The summed E-state index contributed by atoms with van der Waals surface area (Å²) in [6, 6.07) is 7.30. The van der Waals surface area contributed by atoms with Crippen LogP contribution in [-0.2, 0) is 10.2 Å². The lowest BCUT2D eigenvalue weighted by molar-refractivity contribution is -0.118. The topological polar surface area (TPSA) is 32.8 Å². The summed E-state index contributed by atoms with van der Waals surface area (Å²) < 4.78 is 5.73. The number of hydrogen-bond acceptors (Lipinski definition) is 3. The van der Waals surface area contributed by atoms with Crippen LogP contribution in [0.4, 0.5) is 5.69 Å². The fourth-order valence-corrected chi connectivity index (χ4v) is 7.37. The van der Waals surface area contributed by atoms with Gasteiger partial charge < -0.3 is 9.64 Å². The molecule has 1 aromatic carbocycles. The zero-order valence-electron chi connectivity index (χ0n) is 16.3. The summed E-state index contributed by atoms with van der Waals surface area (Å²) in [5.41, 5.74) is 2.94. The molecule has 4 aliphatic rings. The molecule has 3 aliphatic heterocycles. The van der Waals surface area contributed by atoms with E-state index in [9.17, 15) is 4.79 Å². The van der Waals surface area contributed by atoms with Gasteiger partial charge in [-0.05, 0) is 68.7 Å². The predicted molar refractivity (Wildman–Crippen MR) is 103 cm³/mol. The van der Waals surface area contributed by atoms with Crippen LogP contribution in [0.5, 0.6) is 5.75 Å². The van der Waals surface area contributed by atoms with Gasteiger partial charge in [0.05, 0.1) is 12.8 Å². The molecule has 0 N–H and O–H groups in total. The minimum absolute atomic E-state index is 0.0875. The second-order valence-electron chi connectivity index (χ2n) is 8.85. The average Bonchev–Trinajstić information content (AvgIpc) is 3.19. The van der Waals surface area contributed by atoms with Crippen molar-refractivity contribution in [3.05, 3.63) is 23.8 Å². The Bertz CT molecular complexity index is 763. The van der Waals surface area contributed by atoms with Crippen LogP contribution in [0.3, 0.4) is 0 Å². The summed E-state index contributed by atoms with van der Waals surface area (Å²) in [6.45, 7) is 6.51. The Hall–Kier alpha value is -1.55. The van der Waals surface area contributed by atoms with Crippen molar-refractivity contribution in [2.75, 3.05) is 25.1 Å². The zero-order chi connectivity index (χ0) is 18.1. The maximum Gasteiger partial charge on any atom is 0.224 e. The first-order valence-corrected chi connectivity index (χ1v) is 10.3.